The third-order valence-electron chi connectivity index (χ3n) is 10.9. The fourth-order valence-corrected chi connectivity index (χ4v) is 9.32. The van der Waals surface area contributed by atoms with Crippen molar-refractivity contribution in [1.82, 2.24) is 0 Å². The first-order valence-electron chi connectivity index (χ1n) is 13.1. The second-order valence-electron chi connectivity index (χ2n) is 12.0. The summed E-state index contributed by atoms with van der Waals surface area (Å²) in [7, 11) is 1.95. The maximum Gasteiger partial charge on any atom is 0.303 e. The van der Waals surface area contributed by atoms with Gasteiger partial charge in [0.25, 0.3) is 0 Å². The summed E-state index contributed by atoms with van der Waals surface area (Å²) in [4.78, 5) is 11.2. The lowest BCUT2D eigenvalue weighted by Crippen LogP contribution is -2.59. The number of carboxylic acid groups (broad SMARTS) is 1. The van der Waals surface area contributed by atoms with Crippen molar-refractivity contribution in [2.45, 2.75) is 104 Å². The molecule has 4 nitrogen and oxygen atoms in total. The molecule has 4 rings (SSSR count). The third kappa shape index (κ3) is 3.98. The first-order valence-corrected chi connectivity index (χ1v) is 13.1. The summed E-state index contributed by atoms with van der Waals surface area (Å²) in [5.41, 5.74) is 0.781. The van der Waals surface area contributed by atoms with Gasteiger partial charge in [-0.3, -0.25) is 4.79 Å². The molecule has 0 aromatic heterocycles. The van der Waals surface area contributed by atoms with E-state index in [2.05, 4.69) is 27.7 Å². The number of carbonyl (C=O) groups is 1. The molecule has 4 saturated carbocycles. The molecule has 10 atom stereocenters. The number of ether oxygens (including phenoxy) is 2. The van der Waals surface area contributed by atoms with Gasteiger partial charge in [0.2, 0.25) is 0 Å². The summed E-state index contributed by atoms with van der Waals surface area (Å²) in [6, 6.07) is 0. The zero-order valence-electron chi connectivity index (χ0n) is 20.6. The molecule has 0 spiro atoms. The van der Waals surface area contributed by atoms with E-state index >= 15 is 0 Å². The van der Waals surface area contributed by atoms with Crippen molar-refractivity contribution in [2.75, 3.05) is 13.7 Å². The lowest BCUT2D eigenvalue weighted by molar-refractivity contribution is -0.185. The Morgan fingerprint density at radius 1 is 1.06 bits per heavy atom. The number of rotatable bonds is 7. The van der Waals surface area contributed by atoms with Crippen LogP contribution in [0.15, 0.2) is 0 Å². The van der Waals surface area contributed by atoms with Gasteiger partial charge in [0.05, 0.1) is 12.2 Å². The molecule has 4 aliphatic rings. The topological polar surface area (TPSA) is 55.8 Å². The largest absolute Gasteiger partial charge is 0.481 e. The van der Waals surface area contributed by atoms with Gasteiger partial charge in [0, 0.05) is 20.1 Å². The summed E-state index contributed by atoms with van der Waals surface area (Å²) in [6.07, 6.45) is 12.1. The fraction of sp³-hybridized carbons (Fsp3) is 0.963. The molecular formula is C27H46O4. The minimum atomic E-state index is -0.649. The average Bonchev–Trinajstić information content (AvgIpc) is 3.09. The number of methoxy groups -OCH3 is 1. The van der Waals surface area contributed by atoms with E-state index in [0.29, 0.717) is 47.2 Å². The van der Waals surface area contributed by atoms with Crippen molar-refractivity contribution in [1.29, 1.82) is 0 Å². The molecule has 5 unspecified atom stereocenters. The normalized spacial score (nSPS) is 47.8. The molecule has 4 heteroatoms. The molecule has 0 radical (unpaired) electrons. The van der Waals surface area contributed by atoms with E-state index in [-0.39, 0.29) is 0 Å². The van der Waals surface area contributed by atoms with Crippen molar-refractivity contribution < 1.29 is 19.4 Å². The SMILES string of the molecule is CCO[C@@H]1CC[C@]2(C)C3CC[C@@]4(C)C(CCC4[C@@H](C)CCC(=O)O)C3C(OC)C[C@@H]2C1. The number of hydrogen-bond donors (Lipinski definition) is 1. The molecule has 4 fully saturated rings. The predicted molar refractivity (Wildman–Crippen MR) is 123 cm³/mol. The van der Waals surface area contributed by atoms with Gasteiger partial charge in [0.1, 0.15) is 0 Å². The van der Waals surface area contributed by atoms with E-state index < -0.39 is 5.97 Å². The molecule has 0 aromatic carbocycles. The second-order valence-corrected chi connectivity index (χ2v) is 12.0. The summed E-state index contributed by atoms with van der Waals surface area (Å²) < 4.78 is 12.3. The minimum Gasteiger partial charge on any atom is -0.481 e. The van der Waals surface area contributed by atoms with Crippen LogP contribution in [0.25, 0.3) is 0 Å². The molecule has 0 heterocycles. The highest BCUT2D eigenvalue weighted by Crippen LogP contribution is 2.68. The highest BCUT2D eigenvalue weighted by molar-refractivity contribution is 5.66. The number of aliphatic carboxylic acids is 1. The van der Waals surface area contributed by atoms with E-state index in [1.165, 1.54) is 51.4 Å². The van der Waals surface area contributed by atoms with Crippen molar-refractivity contribution in [3.05, 3.63) is 0 Å². The Bertz CT molecular complexity index is 649. The van der Waals surface area contributed by atoms with Crippen LogP contribution in [0.5, 0.6) is 0 Å². The summed E-state index contributed by atoms with van der Waals surface area (Å²) in [6.45, 7) is 10.4. The van der Waals surface area contributed by atoms with Crippen LogP contribution in [0, 0.1) is 46.3 Å². The quantitative estimate of drug-likeness (QED) is 0.520. The Morgan fingerprint density at radius 3 is 2.45 bits per heavy atom. The van der Waals surface area contributed by atoms with Crippen LogP contribution < -0.4 is 0 Å². The van der Waals surface area contributed by atoms with Gasteiger partial charge < -0.3 is 14.6 Å². The van der Waals surface area contributed by atoms with Gasteiger partial charge in [0.15, 0.2) is 0 Å². The highest BCUT2D eigenvalue weighted by atomic mass is 16.5. The van der Waals surface area contributed by atoms with Crippen molar-refractivity contribution in [2.24, 2.45) is 46.3 Å². The maximum absolute atomic E-state index is 11.2. The predicted octanol–water partition coefficient (Wildman–Crippen LogP) is 6.18. The van der Waals surface area contributed by atoms with Gasteiger partial charge in [-0.25, -0.2) is 0 Å². The van der Waals surface area contributed by atoms with Gasteiger partial charge in [-0.2, -0.15) is 0 Å². The molecule has 178 valence electrons. The van der Waals surface area contributed by atoms with Crippen molar-refractivity contribution in [3.8, 4) is 0 Å². The summed E-state index contributed by atoms with van der Waals surface area (Å²) in [5.74, 6) is 3.40. The molecule has 31 heavy (non-hydrogen) atoms. The van der Waals surface area contributed by atoms with Gasteiger partial charge in [-0.05, 0) is 111 Å². The zero-order chi connectivity index (χ0) is 22.4. The standard InChI is InChI=1S/C27H46O4/c1-6-31-19-11-13-26(3)18(15-19)16-23(30-5)25-21-9-8-20(17(2)7-10-24(28)29)27(21,4)14-12-22(25)26/h17-23,25H,6-16H2,1-5H3,(H,28,29)/t17-,18-,19+,20?,21?,22?,23?,25?,26-,27+/m0/s1. The molecule has 0 amide bonds. The number of fused-ring (bicyclic) bond motifs is 5. The van der Waals surface area contributed by atoms with E-state index in [9.17, 15) is 9.90 Å². The zero-order valence-corrected chi connectivity index (χ0v) is 20.6. The van der Waals surface area contributed by atoms with Crippen LogP contribution in [0.1, 0.15) is 91.9 Å². The van der Waals surface area contributed by atoms with Gasteiger partial charge in [-0.15, -0.1) is 0 Å². The molecule has 0 bridgehead atoms. The monoisotopic (exact) mass is 434 g/mol. The van der Waals surface area contributed by atoms with Crippen LogP contribution >= 0.6 is 0 Å². The lowest BCUT2D eigenvalue weighted by atomic mass is 9.43. The van der Waals surface area contributed by atoms with Crippen LogP contribution in [-0.4, -0.2) is 37.0 Å². The van der Waals surface area contributed by atoms with E-state index in [4.69, 9.17) is 9.47 Å². The average molecular weight is 435 g/mol. The van der Waals surface area contributed by atoms with Crippen LogP contribution in [0.2, 0.25) is 0 Å². The molecule has 1 N–H and O–H groups in total. The Kier molecular flexibility index (Phi) is 6.81. The molecular weight excluding hydrogens is 388 g/mol. The van der Waals surface area contributed by atoms with Crippen LogP contribution in [0.4, 0.5) is 0 Å². The number of hydrogen-bond acceptors (Lipinski definition) is 3. The Labute approximate surface area is 189 Å². The van der Waals surface area contributed by atoms with Gasteiger partial charge in [-0.1, -0.05) is 20.8 Å². The Morgan fingerprint density at radius 2 is 1.77 bits per heavy atom. The fourth-order valence-electron chi connectivity index (χ4n) is 9.32. The van der Waals surface area contributed by atoms with Gasteiger partial charge >= 0.3 is 5.97 Å². The minimum absolute atomic E-state index is 0.311. The van der Waals surface area contributed by atoms with Crippen LogP contribution in [0.3, 0.4) is 0 Å². The van der Waals surface area contributed by atoms with Crippen molar-refractivity contribution >= 4 is 5.97 Å². The van der Waals surface area contributed by atoms with E-state index in [1.807, 2.05) is 7.11 Å². The first kappa shape index (κ1) is 23.5. The summed E-state index contributed by atoms with van der Waals surface area (Å²) in [5, 5.41) is 9.19. The van der Waals surface area contributed by atoms with E-state index in [0.717, 1.165) is 30.8 Å². The maximum atomic E-state index is 11.2. The smallest absolute Gasteiger partial charge is 0.303 e. The Balaban J connectivity index is 1.55. The molecule has 0 aromatic rings. The first-order chi connectivity index (χ1) is 14.7. The molecule has 0 saturated heterocycles. The van der Waals surface area contributed by atoms with E-state index in [1.54, 1.807) is 0 Å². The lowest BCUT2D eigenvalue weighted by Gasteiger charge is -2.63. The number of carboxylic acids is 1. The highest BCUT2D eigenvalue weighted by Gasteiger charge is 2.63. The van der Waals surface area contributed by atoms with Crippen molar-refractivity contribution in [3.63, 3.8) is 0 Å². The van der Waals surface area contributed by atoms with Crippen LogP contribution in [-0.2, 0) is 14.3 Å². The second kappa shape index (κ2) is 8.97. The molecule has 0 aliphatic heterocycles. The Hall–Kier alpha value is -0.610. The summed E-state index contributed by atoms with van der Waals surface area (Å²) >= 11 is 0. The third-order valence-corrected chi connectivity index (χ3v) is 10.9. The molecule has 4 aliphatic carbocycles.